The van der Waals surface area contributed by atoms with E-state index in [0.29, 0.717) is 13.0 Å². The van der Waals surface area contributed by atoms with Crippen LogP contribution in [0.2, 0.25) is 0 Å². The second kappa shape index (κ2) is 5.82. The fraction of sp³-hybridized carbons (Fsp3) is 0.667. The molecule has 0 saturated heterocycles. The number of esters is 1. The van der Waals surface area contributed by atoms with E-state index in [1.807, 2.05) is 37.8 Å². The molecule has 5 nitrogen and oxygen atoms in total. The third-order valence-corrected chi connectivity index (χ3v) is 2.81. The lowest BCUT2D eigenvalue weighted by atomic mass is 9.98. The SMILES string of the molecule is CCNC(C)(CCn1cc(C)cn1)C(=O)OC. The van der Waals surface area contributed by atoms with Crippen molar-refractivity contribution in [2.24, 2.45) is 0 Å². The Bertz CT molecular complexity index is 376. The third-order valence-electron chi connectivity index (χ3n) is 2.81. The molecule has 0 fully saturated rings. The first-order chi connectivity index (χ1) is 8.01. The standard InChI is InChI=1S/C12H21N3O2/c1-5-13-12(3,11(16)17-4)6-7-15-9-10(2)8-14-15/h8-9,13H,5-7H2,1-4H3. The van der Waals surface area contributed by atoms with Crippen molar-refractivity contribution in [3.8, 4) is 0 Å². The molecule has 1 unspecified atom stereocenters. The molecule has 0 spiro atoms. The molecule has 0 aliphatic carbocycles. The van der Waals surface area contributed by atoms with Crippen molar-refractivity contribution in [3.63, 3.8) is 0 Å². The van der Waals surface area contributed by atoms with Crippen molar-refractivity contribution in [3.05, 3.63) is 18.0 Å². The van der Waals surface area contributed by atoms with Gasteiger partial charge in [-0.3, -0.25) is 9.48 Å². The van der Waals surface area contributed by atoms with Crippen molar-refractivity contribution in [1.29, 1.82) is 0 Å². The van der Waals surface area contributed by atoms with Gasteiger partial charge >= 0.3 is 5.97 Å². The monoisotopic (exact) mass is 239 g/mol. The Hall–Kier alpha value is -1.36. The molecule has 1 heterocycles. The first-order valence-corrected chi connectivity index (χ1v) is 5.84. The van der Waals surface area contributed by atoms with Crippen molar-refractivity contribution in [1.82, 2.24) is 15.1 Å². The van der Waals surface area contributed by atoms with Gasteiger partial charge in [0.1, 0.15) is 5.54 Å². The third kappa shape index (κ3) is 3.56. The van der Waals surface area contributed by atoms with Gasteiger partial charge < -0.3 is 10.1 Å². The Morgan fingerprint density at radius 2 is 2.35 bits per heavy atom. The summed E-state index contributed by atoms with van der Waals surface area (Å²) in [6.07, 6.45) is 4.42. The van der Waals surface area contributed by atoms with Crippen LogP contribution in [0.3, 0.4) is 0 Å². The second-order valence-corrected chi connectivity index (χ2v) is 4.38. The molecule has 0 saturated carbocycles. The van der Waals surface area contributed by atoms with Gasteiger partial charge in [-0.1, -0.05) is 6.92 Å². The Labute approximate surface area is 102 Å². The number of rotatable bonds is 6. The van der Waals surface area contributed by atoms with Crippen LogP contribution in [-0.2, 0) is 16.1 Å². The highest BCUT2D eigenvalue weighted by Crippen LogP contribution is 2.13. The van der Waals surface area contributed by atoms with Gasteiger partial charge in [-0.25, -0.2) is 0 Å². The van der Waals surface area contributed by atoms with Crippen LogP contribution in [-0.4, -0.2) is 34.9 Å². The molecule has 0 aliphatic rings. The maximum absolute atomic E-state index is 11.7. The van der Waals surface area contributed by atoms with Crippen LogP contribution in [0.25, 0.3) is 0 Å². The van der Waals surface area contributed by atoms with Crippen molar-refractivity contribution in [2.45, 2.75) is 39.3 Å². The van der Waals surface area contributed by atoms with E-state index in [1.165, 1.54) is 7.11 Å². The molecule has 0 bridgehead atoms. The quantitative estimate of drug-likeness (QED) is 0.756. The summed E-state index contributed by atoms with van der Waals surface area (Å²) >= 11 is 0. The van der Waals surface area contributed by atoms with E-state index in [1.54, 1.807) is 0 Å². The zero-order chi connectivity index (χ0) is 12.9. The number of hydrogen-bond donors (Lipinski definition) is 1. The van der Waals surface area contributed by atoms with E-state index in [4.69, 9.17) is 4.74 Å². The summed E-state index contributed by atoms with van der Waals surface area (Å²) in [6.45, 7) is 7.24. The van der Waals surface area contributed by atoms with Crippen LogP contribution in [0.15, 0.2) is 12.4 Å². The maximum atomic E-state index is 11.7. The fourth-order valence-electron chi connectivity index (χ4n) is 1.81. The first-order valence-electron chi connectivity index (χ1n) is 5.84. The number of carbonyl (C=O) groups excluding carboxylic acids is 1. The van der Waals surface area contributed by atoms with Crippen molar-refractivity contribution in [2.75, 3.05) is 13.7 Å². The van der Waals surface area contributed by atoms with Crippen molar-refractivity contribution >= 4 is 5.97 Å². The van der Waals surface area contributed by atoms with Gasteiger partial charge in [0, 0.05) is 12.7 Å². The Morgan fingerprint density at radius 1 is 1.65 bits per heavy atom. The molecule has 5 heteroatoms. The molecule has 1 aromatic rings. The second-order valence-electron chi connectivity index (χ2n) is 4.38. The van der Waals surface area contributed by atoms with Gasteiger partial charge in [-0.2, -0.15) is 5.10 Å². The lowest BCUT2D eigenvalue weighted by molar-refractivity contribution is -0.148. The fourth-order valence-corrected chi connectivity index (χ4v) is 1.81. The molecular formula is C12H21N3O2. The smallest absolute Gasteiger partial charge is 0.325 e. The number of aromatic nitrogens is 2. The molecule has 0 amide bonds. The topological polar surface area (TPSA) is 56.2 Å². The summed E-state index contributed by atoms with van der Waals surface area (Å²) in [6, 6.07) is 0. The Balaban J connectivity index is 2.64. The molecule has 0 aliphatic heterocycles. The Kier molecular flexibility index (Phi) is 4.69. The van der Waals surface area contributed by atoms with E-state index in [2.05, 4.69) is 10.4 Å². The minimum Gasteiger partial charge on any atom is -0.468 e. The molecule has 1 atom stereocenters. The van der Waals surface area contributed by atoms with Gasteiger partial charge in [0.05, 0.1) is 13.3 Å². The van der Waals surface area contributed by atoms with Crippen LogP contribution in [0, 0.1) is 6.92 Å². The summed E-state index contributed by atoms with van der Waals surface area (Å²) in [5.74, 6) is -0.233. The first kappa shape index (κ1) is 13.7. The largest absolute Gasteiger partial charge is 0.468 e. The summed E-state index contributed by atoms with van der Waals surface area (Å²) < 4.78 is 6.67. The van der Waals surface area contributed by atoms with E-state index < -0.39 is 5.54 Å². The number of hydrogen-bond acceptors (Lipinski definition) is 4. The highest BCUT2D eigenvalue weighted by atomic mass is 16.5. The average molecular weight is 239 g/mol. The van der Waals surface area contributed by atoms with Crippen LogP contribution >= 0.6 is 0 Å². The number of likely N-dealkylation sites (N-methyl/N-ethyl adjacent to an activating group) is 1. The molecule has 1 rings (SSSR count). The molecule has 0 aromatic carbocycles. The van der Waals surface area contributed by atoms with E-state index in [0.717, 1.165) is 12.1 Å². The highest BCUT2D eigenvalue weighted by Gasteiger charge is 2.32. The number of carbonyl (C=O) groups is 1. The molecule has 0 radical (unpaired) electrons. The highest BCUT2D eigenvalue weighted by molar-refractivity contribution is 5.80. The summed E-state index contributed by atoms with van der Waals surface area (Å²) in [4.78, 5) is 11.7. The van der Waals surface area contributed by atoms with Gasteiger partial charge in [0.2, 0.25) is 0 Å². The predicted octanol–water partition coefficient (Wildman–Crippen LogP) is 1.12. The number of methoxy groups -OCH3 is 1. The lowest BCUT2D eigenvalue weighted by Gasteiger charge is -2.27. The summed E-state index contributed by atoms with van der Waals surface area (Å²) in [5, 5.41) is 7.37. The van der Waals surface area contributed by atoms with Crippen LogP contribution in [0.4, 0.5) is 0 Å². The van der Waals surface area contributed by atoms with E-state index in [9.17, 15) is 4.79 Å². The van der Waals surface area contributed by atoms with E-state index in [-0.39, 0.29) is 5.97 Å². The molecule has 17 heavy (non-hydrogen) atoms. The molecule has 1 N–H and O–H groups in total. The molecule has 96 valence electrons. The van der Waals surface area contributed by atoms with Crippen LogP contribution in [0.1, 0.15) is 25.8 Å². The number of aryl methyl sites for hydroxylation is 2. The predicted molar refractivity (Wildman–Crippen MR) is 65.7 cm³/mol. The van der Waals surface area contributed by atoms with Gasteiger partial charge in [0.25, 0.3) is 0 Å². The van der Waals surface area contributed by atoms with Crippen molar-refractivity contribution < 1.29 is 9.53 Å². The zero-order valence-electron chi connectivity index (χ0n) is 11.0. The molecule has 1 aromatic heterocycles. The lowest BCUT2D eigenvalue weighted by Crippen LogP contribution is -2.50. The van der Waals surface area contributed by atoms with Gasteiger partial charge in [-0.05, 0) is 32.4 Å². The van der Waals surface area contributed by atoms with Gasteiger partial charge in [-0.15, -0.1) is 0 Å². The zero-order valence-corrected chi connectivity index (χ0v) is 11.0. The minimum absolute atomic E-state index is 0.233. The minimum atomic E-state index is -0.649. The average Bonchev–Trinajstić information content (AvgIpc) is 2.72. The summed E-state index contributed by atoms with van der Waals surface area (Å²) in [5.41, 5.74) is 0.469. The maximum Gasteiger partial charge on any atom is 0.325 e. The normalized spacial score (nSPS) is 14.4. The number of nitrogens with one attached hydrogen (secondary N) is 1. The van der Waals surface area contributed by atoms with Crippen LogP contribution < -0.4 is 5.32 Å². The van der Waals surface area contributed by atoms with Crippen LogP contribution in [0.5, 0.6) is 0 Å². The number of ether oxygens (including phenoxy) is 1. The molecular weight excluding hydrogens is 218 g/mol. The van der Waals surface area contributed by atoms with E-state index >= 15 is 0 Å². The number of nitrogens with zero attached hydrogens (tertiary/aromatic N) is 2. The summed E-state index contributed by atoms with van der Waals surface area (Å²) in [7, 11) is 1.41. The Morgan fingerprint density at radius 3 is 2.82 bits per heavy atom. The van der Waals surface area contributed by atoms with Gasteiger partial charge in [0.15, 0.2) is 0 Å².